The Morgan fingerprint density at radius 3 is 2.32 bits per heavy atom. The minimum Gasteiger partial charge on any atom is -0.508 e. The van der Waals surface area contributed by atoms with Gasteiger partial charge in [-0.2, -0.15) is 4.98 Å². The number of imidazole rings is 1. The van der Waals surface area contributed by atoms with Gasteiger partial charge in [0.2, 0.25) is 17.7 Å². The van der Waals surface area contributed by atoms with Gasteiger partial charge in [0.1, 0.15) is 17.8 Å². The Labute approximate surface area is 307 Å². The fraction of sp³-hybridized carbons (Fsp3) is 0.333. The van der Waals surface area contributed by atoms with E-state index in [0.717, 1.165) is 39.1 Å². The minimum absolute atomic E-state index is 0.00612. The molecule has 14 nitrogen and oxygen atoms in total. The Balaban J connectivity index is 1.21. The van der Waals surface area contributed by atoms with Crippen molar-refractivity contribution in [3.63, 3.8) is 0 Å². The molecule has 1 aliphatic rings. The molecule has 0 aliphatic carbocycles. The summed E-state index contributed by atoms with van der Waals surface area (Å²) >= 11 is 0. The van der Waals surface area contributed by atoms with E-state index in [1.165, 1.54) is 0 Å². The molecule has 3 unspecified atom stereocenters. The summed E-state index contributed by atoms with van der Waals surface area (Å²) in [6, 6.07) is 18.9. The van der Waals surface area contributed by atoms with Crippen LogP contribution in [-0.4, -0.2) is 73.1 Å². The number of likely N-dealkylation sites (tertiary alicyclic amines) is 1. The van der Waals surface area contributed by atoms with E-state index in [-0.39, 0.29) is 36.4 Å². The van der Waals surface area contributed by atoms with Crippen LogP contribution < -0.4 is 22.1 Å². The highest BCUT2D eigenvalue weighted by atomic mass is 16.5. The molecule has 53 heavy (non-hydrogen) atoms. The van der Waals surface area contributed by atoms with Crippen LogP contribution in [0.1, 0.15) is 58.5 Å². The average Bonchev–Trinajstić information content (AvgIpc) is 3.85. The molecule has 1 aliphatic heterocycles. The summed E-state index contributed by atoms with van der Waals surface area (Å²) in [7, 11) is 0. The number of hydrogen-bond acceptors (Lipinski definition) is 9. The van der Waals surface area contributed by atoms with E-state index in [2.05, 4.69) is 55.0 Å². The second-order valence-corrected chi connectivity index (χ2v) is 13.7. The smallest absolute Gasteiger partial charge is 0.249 e. The van der Waals surface area contributed by atoms with Crippen molar-refractivity contribution >= 4 is 17.8 Å². The van der Waals surface area contributed by atoms with Gasteiger partial charge in [-0.15, -0.1) is 0 Å². The van der Waals surface area contributed by atoms with Crippen LogP contribution in [0.4, 0.5) is 0 Å². The zero-order valence-corrected chi connectivity index (χ0v) is 29.9. The Kier molecular flexibility index (Phi) is 11.5. The number of aromatic amines is 1. The number of rotatable bonds is 13. The Hall–Kier alpha value is -6.02. The van der Waals surface area contributed by atoms with Crippen LogP contribution in [-0.2, 0) is 28.9 Å². The third-order valence-electron chi connectivity index (χ3n) is 9.91. The van der Waals surface area contributed by atoms with E-state index in [9.17, 15) is 14.7 Å². The van der Waals surface area contributed by atoms with Crippen molar-refractivity contribution in [2.24, 2.45) is 17.4 Å². The topological polar surface area (TPSA) is 225 Å². The van der Waals surface area contributed by atoms with Crippen molar-refractivity contribution in [1.82, 2.24) is 35.6 Å². The molecule has 1 saturated heterocycles. The molecule has 1 fully saturated rings. The molecular formula is C39H46N10O4. The summed E-state index contributed by atoms with van der Waals surface area (Å²) in [6.07, 6.45) is 5.22. The van der Waals surface area contributed by atoms with Crippen LogP contribution in [0.15, 0.2) is 83.8 Å². The van der Waals surface area contributed by atoms with Gasteiger partial charge < -0.3 is 41.6 Å². The minimum atomic E-state index is -1.03. The number of phenols is 1. The lowest BCUT2D eigenvalue weighted by Crippen LogP contribution is -2.56. The number of aromatic nitrogens is 4. The van der Waals surface area contributed by atoms with Crippen LogP contribution in [0.3, 0.4) is 0 Å². The third kappa shape index (κ3) is 9.26. The number of H-pyrrole nitrogens is 1. The van der Waals surface area contributed by atoms with Gasteiger partial charge in [0.05, 0.1) is 12.4 Å². The van der Waals surface area contributed by atoms with Gasteiger partial charge in [-0.3, -0.25) is 15.0 Å². The van der Waals surface area contributed by atoms with E-state index in [1.807, 2.05) is 44.2 Å². The summed E-state index contributed by atoms with van der Waals surface area (Å²) in [5.41, 5.74) is 18.5. The van der Waals surface area contributed by atoms with Crippen LogP contribution in [0.25, 0.3) is 11.1 Å². The van der Waals surface area contributed by atoms with Crippen molar-refractivity contribution in [2.75, 3.05) is 13.1 Å². The molecule has 2 aromatic heterocycles. The average molecular weight is 719 g/mol. The highest BCUT2D eigenvalue weighted by Crippen LogP contribution is 2.25. The van der Waals surface area contributed by atoms with E-state index in [1.54, 1.807) is 29.6 Å². The van der Waals surface area contributed by atoms with E-state index in [4.69, 9.17) is 21.4 Å². The molecule has 5 aromatic rings. The molecule has 2 amide bonds. The monoisotopic (exact) mass is 718 g/mol. The highest BCUT2D eigenvalue weighted by Gasteiger charge is 2.33. The lowest BCUT2D eigenvalue weighted by molar-refractivity contribution is -0.131. The quantitative estimate of drug-likeness (QED) is 0.0694. The maximum absolute atomic E-state index is 14.3. The van der Waals surface area contributed by atoms with Gasteiger partial charge in [0.15, 0.2) is 11.8 Å². The summed E-state index contributed by atoms with van der Waals surface area (Å²) in [5, 5.41) is 28.1. The Morgan fingerprint density at radius 1 is 1.00 bits per heavy atom. The molecule has 276 valence electrons. The molecule has 0 spiro atoms. The number of carbonyl (C=O) groups is 2. The van der Waals surface area contributed by atoms with Crippen molar-refractivity contribution in [1.29, 1.82) is 5.41 Å². The maximum atomic E-state index is 14.3. The van der Waals surface area contributed by atoms with Crippen molar-refractivity contribution < 1.29 is 19.2 Å². The van der Waals surface area contributed by atoms with E-state index < -0.39 is 29.9 Å². The number of aromatic hydroxyl groups is 1. The number of aryl methyl sites for hydroxylation is 2. The number of nitrogens with one attached hydrogen (secondary N) is 4. The van der Waals surface area contributed by atoms with Gasteiger partial charge in [-0.05, 0) is 78.1 Å². The summed E-state index contributed by atoms with van der Waals surface area (Å²) in [4.78, 5) is 41.6. The van der Waals surface area contributed by atoms with Gasteiger partial charge >= 0.3 is 0 Å². The fourth-order valence-corrected chi connectivity index (χ4v) is 6.89. The normalized spacial score (nSPS) is 15.0. The van der Waals surface area contributed by atoms with Crippen molar-refractivity contribution in [3.05, 3.63) is 119 Å². The molecule has 6 rings (SSSR count). The molecule has 14 heteroatoms. The molecule has 9 N–H and O–H groups in total. The second-order valence-electron chi connectivity index (χ2n) is 13.7. The van der Waals surface area contributed by atoms with Gasteiger partial charge in [-0.25, -0.2) is 4.98 Å². The predicted molar refractivity (Wildman–Crippen MR) is 200 cm³/mol. The SMILES string of the molecule is Cc1cc(O)cc(C)c1CC(NC(=O)C(N)C1CCN(C(=N)N)CC1)C(=O)NC(Cc1cnc[nH]1)c1nc(Cc2ccc(-c3ccccc3)cc2)no1. The number of amides is 2. The first kappa shape index (κ1) is 36.8. The number of nitrogens with two attached hydrogens (primary N) is 2. The first-order valence-corrected chi connectivity index (χ1v) is 17.7. The van der Waals surface area contributed by atoms with Crippen LogP contribution in [0.5, 0.6) is 5.75 Å². The third-order valence-corrected chi connectivity index (χ3v) is 9.91. The molecule has 3 heterocycles. The lowest BCUT2D eigenvalue weighted by Gasteiger charge is -2.34. The van der Waals surface area contributed by atoms with Gasteiger partial charge in [0.25, 0.3) is 0 Å². The second kappa shape index (κ2) is 16.5. The van der Waals surface area contributed by atoms with Crippen LogP contribution >= 0.6 is 0 Å². The van der Waals surface area contributed by atoms with Crippen molar-refractivity contribution in [3.8, 4) is 16.9 Å². The Morgan fingerprint density at radius 2 is 1.68 bits per heavy atom. The lowest BCUT2D eigenvalue weighted by atomic mass is 9.89. The number of nitrogens with zero attached hydrogens (tertiary/aromatic N) is 4. The largest absolute Gasteiger partial charge is 0.508 e. The molecule has 0 saturated carbocycles. The molecule has 3 aromatic carbocycles. The number of hydrogen-bond donors (Lipinski definition) is 7. The fourth-order valence-electron chi connectivity index (χ4n) is 6.89. The zero-order chi connectivity index (χ0) is 37.5. The first-order chi connectivity index (χ1) is 25.5. The van der Waals surface area contributed by atoms with Gasteiger partial charge in [0, 0.05) is 44.2 Å². The summed E-state index contributed by atoms with van der Waals surface area (Å²) in [6.45, 7) is 4.75. The Bertz CT molecular complexity index is 1980. The van der Waals surface area contributed by atoms with E-state index in [0.29, 0.717) is 38.2 Å². The standard InChI is InChI=1S/C39H46N10O4/c1-23-16-30(50)17-24(2)31(23)20-32(45-37(52)35(40)28-12-14-49(15-13-28)39(41)42)36(51)46-33(19-29-21-43-22-44-29)38-47-34(48-53-38)18-25-8-10-27(11-9-25)26-6-4-3-5-7-26/h3-11,16-17,21-22,28,32-33,35,50H,12-15,18-20,40H2,1-2H3,(H3,41,42)(H,43,44)(H,45,52)(H,46,51). The highest BCUT2D eigenvalue weighted by molar-refractivity contribution is 5.90. The van der Waals surface area contributed by atoms with Crippen molar-refractivity contribution in [2.45, 2.75) is 64.1 Å². The number of phenolic OH excluding ortho intramolecular Hbond substituents is 1. The number of benzene rings is 3. The molecule has 3 atom stereocenters. The zero-order valence-electron chi connectivity index (χ0n) is 29.9. The number of piperidine rings is 1. The van der Waals surface area contributed by atoms with Crippen LogP contribution in [0.2, 0.25) is 0 Å². The molecule has 0 radical (unpaired) electrons. The number of guanidine groups is 1. The van der Waals surface area contributed by atoms with E-state index >= 15 is 0 Å². The summed E-state index contributed by atoms with van der Waals surface area (Å²) < 4.78 is 5.74. The summed E-state index contributed by atoms with van der Waals surface area (Å²) in [5.74, 6) is -0.294. The maximum Gasteiger partial charge on any atom is 0.249 e. The molecule has 0 bridgehead atoms. The van der Waals surface area contributed by atoms with Gasteiger partial charge in [-0.1, -0.05) is 59.8 Å². The first-order valence-electron chi connectivity index (χ1n) is 17.7. The molecular weight excluding hydrogens is 672 g/mol. The number of carbonyl (C=O) groups excluding carboxylic acids is 2. The van der Waals surface area contributed by atoms with Crippen LogP contribution in [0, 0.1) is 25.2 Å². The predicted octanol–water partition coefficient (Wildman–Crippen LogP) is 3.43.